The highest BCUT2D eigenvalue weighted by Crippen LogP contribution is 2.34. The molecule has 0 radical (unpaired) electrons. The Morgan fingerprint density at radius 1 is 1.23 bits per heavy atom. The highest BCUT2D eigenvalue weighted by atomic mass is 32.2. The Balaban J connectivity index is 1.72. The van der Waals surface area contributed by atoms with Crippen molar-refractivity contribution in [2.45, 2.75) is 39.2 Å². The maximum Gasteiger partial charge on any atom is 0.294 e. The number of aromatic nitrogens is 1. The zero-order valence-electron chi connectivity index (χ0n) is 17.6. The maximum atomic E-state index is 12.9. The molecule has 0 aliphatic carbocycles. The van der Waals surface area contributed by atoms with Gasteiger partial charge >= 0.3 is 0 Å². The summed E-state index contributed by atoms with van der Waals surface area (Å²) in [5, 5.41) is 0.613. The molecule has 2 fully saturated rings. The number of rotatable bonds is 5. The SMILES string of the molecule is C#CCN1C(=O)S/C(=C\c2cn(CC(=O)N3CCCCC3)c3c(CC)cccc23)C1=O. The molecule has 3 heterocycles. The number of carbonyl (C=O) groups excluding carboxylic acids is 3. The van der Waals surface area contributed by atoms with Crippen molar-refractivity contribution in [2.75, 3.05) is 19.6 Å². The number of aryl methyl sites for hydroxylation is 1. The fourth-order valence-corrected chi connectivity index (χ4v) is 5.08. The van der Waals surface area contributed by atoms with Gasteiger partial charge in [0.05, 0.1) is 17.0 Å². The normalized spacial score (nSPS) is 18.3. The summed E-state index contributed by atoms with van der Waals surface area (Å²) in [4.78, 5) is 41.1. The lowest BCUT2D eigenvalue weighted by Crippen LogP contribution is -2.37. The third-order valence-electron chi connectivity index (χ3n) is 5.82. The number of para-hydroxylation sites is 1. The molecular weight excluding hydrogens is 410 g/mol. The number of hydrogen-bond donors (Lipinski definition) is 0. The van der Waals surface area contributed by atoms with Gasteiger partial charge in [0.25, 0.3) is 11.1 Å². The van der Waals surface area contributed by atoms with E-state index in [0.29, 0.717) is 4.91 Å². The summed E-state index contributed by atoms with van der Waals surface area (Å²) in [6, 6.07) is 6.04. The number of carbonyl (C=O) groups is 3. The van der Waals surface area contributed by atoms with E-state index in [1.807, 2.05) is 27.8 Å². The van der Waals surface area contributed by atoms with Gasteiger partial charge in [0, 0.05) is 30.2 Å². The van der Waals surface area contributed by atoms with Gasteiger partial charge in [-0.3, -0.25) is 19.3 Å². The molecule has 160 valence electrons. The van der Waals surface area contributed by atoms with Gasteiger partial charge in [-0.1, -0.05) is 31.0 Å². The molecule has 0 spiro atoms. The van der Waals surface area contributed by atoms with E-state index >= 15 is 0 Å². The van der Waals surface area contributed by atoms with Gasteiger partial charge < -0.3 is 9.47 Å². The van der Waals surface area contributed by atoms with Crippen molar-refractivity contribution in [3.05, 3.63) is 40.4 Å². The maximum absolute atomic E-state index is 12.9. The molecule has 0 atom stereocenters. The van der Waals surface area contributed by atoms with Crippen LogP contribution in [0.5, 0.6) is 0 Å². The van der Waals surface area contributed by atoms with Gasteiger partial charge in [-0.2, -0.15) is 0 Å². The minimum Gasteiger partial charge on any atom is -0.341 e. The lowest BCUT2D eigenvalue weighted by atomic mass is 10.1. The fraction of sp³-hybridized carbons (Fsp3) is 0.375. The summed E-state index contributed by atoms with van der Waals surface area (Å²) in [7, 11) is 0. The van der Waals surface area contributed by atoms with Crippen LogP contribution >= 0.6 is 11.8 Å². The van der Waals surface area contributed by atoms with Crippen molar-refractivity contribution in [2.24, 2.45) is 0 Å². The van der Waals surface area contributed by atoms with Crippen molar-refractivity contribution in [3.8, 4) is 12.3 Å². The van der Waals surface area contributed by atoms with Crippen LogP contribution in [0.15, 0.2) is 29.3 Å². The van der Waals surface area contributed by atoms with Crippen LogP contribution in [0.2, 0.25) is 0 Å². The van der Waals surface area contributed by atoms with Gasteiger partial charge in [-0.25, -0.2) is 0 Å². The monoisotopic (exact) mass is 435 g/mol. The van der Waals surface area contributed by atoms with E-state index in [1.165, 1.54) is 6.42 Å². The lowest BCUT2D eigenvalue weighted by molar-refractivity contribution is -0.132. The lowest BCUT2D eigenvalue weighted by Gasteiger charge is -2.27. The summed E-state index contributed by atoms with van der Waals surface area (Å²) >= 11 is 0.900. The zero-order chi connectivity index (χ0) is 22.0. The van der Waals surface area contributed by atoms with E-state index in [9.17, 15) is 14.4 Å². The zero-order valence-corrected chi connectivity index (χ0v) is 18.4. The number of amides is 3. The predicted molar refractivity (Wildman–Crippen MR) is 123 cm³/mol. The van der Waals surface area contributed by atoms with Gasteiger partial charge in [0.1, 0.15) is 6.54 Å². The number of hydrogen-bond acceptors (Lipinski definition) is 4. The summed E-state index contributed by atoms with van der Waals surface area (Å²) in [6.07, 6.45) is 13.1. The Morgan fingerprint density at radius 3 is 2.71 bits per heavy atom. The molecule has 2 aliphatic heterocycles. The topological polar surface area (TPSA) is 62.6 Å². The quantitative estimate of drug-likeness (QED) is 0.528. The second-order valence-corrected chi connectivity index (χ2v) is 8.79. The van der Waals surface area contributed by atoms with E-state index in [4.69, 9.17) is 6.42 Å². The van der Waals surface area contributed by atoms with Gasteiger partial charge in [-0.05, 0) is 49.1 Å². The molecule has 2 aliphatic rings. The highest BCUT2D eigenvalue weighted by Gasteiger charge is 2.34. The van der Waals surface area contributed by atoms with Crippen LogP contribution in [0.25, 0.3) is 17.0 Å². The van der Waals surface area contributed by atoms with Crippen LogP contribution < -0.4 is 0 Å². The average Bonchev–Trinajstić information content (AvgIpc) is 3.26. The summed E-state index contributed by atoms with van der Waals surface area (Å²) in [5.41, 5.74) is 2.97. The third kappa shape index (κ3) is 4.13. The second kappa shape index (κ2) is 9.03. The largest absolute Gasteiger partial charge is 0.341 e. The Bertz CT molecular complexity index is 1120. The van der Waals surface area contributed by atoms with Crippen molar-refractivity contribution >= 4 is 45.8 Å². The summed E-state index contributed by atoms with van der Waals surface area (Å²) in [5.74, 6) is 2.10. The van der Waals surface area contributed by atoms with E-state index in [1.54, 1.807) is 6.08 Å². The van der Waals surface area contributed by atoms with Crippen molar-refractivity contribution in [1.82, 2.24) is 14.4 Å². The molecule has 31 heavy (non-hydrogen) atoms. The van der Waals surface area contributed by atoms with E-state index in [2.05, 4.69) is 18.9 Å². The minimum absolute atomic E-state index is 0.0336. The number of terminal acetylenes is 1. The van der Waals surface area contributed by atoms with Crippen molar-refractivity contribution < 1.29 is 14.4 Å². The Hall–Kier alpha value is -2.98. The Morgan fingerprint density at radius 2 is 2.00 bits per heavy atom. The van der Waals surface area contributed by atoms with E-state index in [0.717, 1.165) is 71.0 Å². The summed E-state index contributed by atoms with van der Waals surface area (Å²) in [6.45, 7) is 3.94. The third-order valence-corrected chi connectivity index (χ3v) is 6.72. The van der Waals surface area contributed by atoms with Crippen LogP contribution in [0, 0.1) is 12.3 Å². The average molecular weight is 436 g/mol. The first-order valence-electron chi connectivity index (χ1n) is 10.6. The molecule has 2 saturated heterocycles. The number of fused-ring (bicyclic) bond motifs is 1. The molecule has 0 unspecified atom stereocenters. The van der Waals surface area contributed by atoms with Crippen LogP contribution in [-0.4, -0.2) is 51.1 Å². The fourth-order valence-electron chi connectivity index (χ4n) is 4.25. The minimum atomic E-state index is -0.370. The number of imide groups is 1. The number of benzene rings is 1. The van der Waals surface area contributed by atoms with E-state index < -0.39 is 0 Å². The molecule has 0 saturated carbocycles. The van der Waals surface area contributed by atoms with E-state index in [-0.39, 0.29) is 30.1 Å². The molecule has 1 aromatic carbocycles. The van der Waals surface area contributed by atoms with Gasteiger partial charge in [0.2, 0.25) is 5.91 Å². The van der Waals surface area contributed by atoms with Crippen LogP contribution in [0.3, 0.4) is 0 Å². The second-order valence-electron chi connectivity index (χ2n) is 7.79. The predicted octanol–water partition coefficient (Wildman–Crippen LogP) is 3.89. The smallest absolute Gasteiger partial charge is 0.294 e. The number of likely N-dealkylation sites (tertiary alicyclic amines) is 1. The molecule has 3 amide bonds. The van der Waals surface area contributed by atoms with Crippen molar-refractivity contribution in [1.29, 1.82) is 0 Å². The summed E-state index contributed by atoms with van der Waals surface area (Å²) < 4.78 is 1.99. The van der Waals surface area contributed by atoms with Crippen LogP contribution in [0.1, 0.15) is 37.3 Å². The Labute approximate surface area is 186 Å². The number of piperidine rings is 1. The highest BCUT2D eigenvalue weighted by molar-refractivity contribution is 8.18. The Kier molecular flexibility index (Phi) is 6.19. The molecular formula is C24H25N3O3S. The van der Waals surface area contributed by atoms with Gasteiger partial charge in [-0.15, -0.1) is 6.42 Å². The first-order chi connectivity index (χ1) is 15.0. The first kappa shape index (κ1) is 21.3. The number of nitrogens with zero attached hydrogens (tertiary/aromatic N) is 3. The molecule has 1 aromatic heterocycles. The molecule has 2 aromatic rings. The molecule has 7 heteroatoms. The van der Waals surface area contributed by atoms with Crippen LogP contribution in [0.4, 0.5) is 4.79 Å². The standard InChI is InChI=1S/C24H25N3O3S/c1-3-11-27-23(29)20(31-24(27)30)14-18-15-26(16-21(28)25-12-6-5-7-13-25)22-17(4-2)9-8-10-19(18)22/h1,8-10,14-15H,4-7,11-13,16H2,2H3/b20-14-. The molecule has 0 bridgehead atoms. The first-order valence-corrected chi connectivity index (χ1v) is 11.4. The van der Waals surface area contributed by atoms with Crippen LogP contribution in [-0.2, 0) is 22.6 Å². The number of thioether (sulfide) groups is 1. The molecule has 0 N–H and O–H groups in total. The molecule has 4 rings (SSSR count). The van der Waals surface area contributed by atoms with Crippen molar-refractivity contribution in [3.63, 3.8) is 0 Å². The van der Waals surface area contributed by atoms with Gasteiger partial charge in [0.15, 0.2) is 0 Å². The molecule has 6 nitrogen and oxygen atoms in total.